The molecule has 1 aliphatic heterocycles. The Bertz CT molecular complexity index is 256. The maximum atomic E-state index is 5.68. The van der Waals surface area contributed by atoms with Crippen LogP contribution in [0.3, 0.4) is 0 Å². The zero-order valence-electron chi connectivity index (χ0n) is 10.7. The van der Waals surface area contributed by atoms with Crippen molar-refractivity contribution in [2.45, 2.75) is 71.0 Å². The van der Waals surface area contributed by atoms with Gasteiger partial charge in [0.2, 0.25) is 0 Å². The van der Waals surface area contributed by atoms with Gasteiger partial charge in [-0.1, -0.05) is 46.0 Å². The fraction of sp³-hybridized carbons (Fsp3) is 0.933. The number of epoxide rings is 1. The van der Waals surface area contributed by atoms with Crippen LogP contribution in [0, 0.1) is 23.7 Å². The molecule has 3 rings (SSSR count). The monoisotopic (exact) mass is 221 g/mol. The normalized spacial score (nSPS) is 46.1. The van der Waals surface area contributed by atoms with Crippen molar-refractivity contribution in [1.29, 1.82) is 0 Å². The molecule has 0 aromatic rings. The van der Waals surface area contributed by atoms with Gasteiger partial charge in [-0.3, -0.25) is 0 Å². The van der Waals surface area contributed by atoms with Gasteiger partial charge in [0, 0.05) is 0 Å². The summed E-state index contributed by atoms with van der Waals surface area (Å²) in [6.07, 6.45) is 13.6. The highest BCUT2D eigenvalue weighted by molar-refractivity contribution is 5.08. The molecule has 1 nitrogen and oxygen atoms in total. The number of rotatable bonds is 2. The van der Waals surface area contributed by atoms with Crippen molar-refractivity contribution >= 4 is 0 Å². The van der Waals surface area contributed by atoms with Crippen molar-refractivity contribution in [3.05, 3.63) is 6.42 Å². The van der Waals surface area contributed by atoms with Gasteiger partial charge in [-0.15, -0.1) is 0 Å². The molecule has 3 aliphatic rings. The SMILES string of the molecule is CC(C1CCCCC1)C1(C)[CH]CC2OC2C1. The molecule has 4 unspecified atom stereocenters. The number of hydrogen-bond donors (Lipinski definition) is 0. The lowest BCUT2D eigenvalue weighted by Gasteiger charge is -2.43. The maximum absolute atomic E-state index is 5.68. The number of ether oxygens (including phenoxy) is 1. The average Bonchev–Trinajstić information content (AvgIpc) is 3.07. The van der Waals surface area contributed by atoms with E-state index in [4.69, 9.17) is 4.74 Å². The summed E-state index contributed by atoms with van der Waals surface area (Å²) in [4.78, 5) is 0. The zero-order valence-corrected chi connectivity index (χ0v) is 10.7. The van der Waals surface area contributed by atoms with Gasteiger partial charge in [0.05, 0.1) is 12.2 Å². The molecule has 2 aliphatic carbocycles. The van der Waals surface area contributed by atoms with Crippen LogP contribution in [0.5, 0.6) is 0 Å². The summed E-state index contributed by atoms with van der Waals surface area (Å²) < 4.78 is 5.68. The van der Waals surface area contributed by atoms with E-state index in [1.54, 1.807) is 0 Å². The molecule has 1 heterocycles. The van der Waals surface area contributed by atoms with Crippen LogP contribution in [0.1, 0.15) is 58.8 Å². The summed E-state index contributed by atoms with van der Waals surface area (Å²) in [5, 5.41) is 0. The molecule has 2 saturated carbocycles. The van der Waals surface area contributed by atoms with Gasteiger partial charge >= 0.3 is 0 Å². The standard InChI is InChI=1S/C15H25O/c1-11(12-6-4-3-5-7-12)15(2)9-8-13-14(10-15)16-13/h9,11-14H,3-8,10H2,1-2H3. The summed E-state index contributed by atoms with van der Waals surface area (Å²) in [6, 6.07) is 0. The lowest BCUT2D eigenvalue weighted by atomic mass is 9.61. The van der Waals surface area contributed by atoms with E-state index in [0.29, 0.717) is 17.6 Å². The Morgan fingerprint density at radius 3 is 2.62 bits per heavy atom. The van der Waals surface area contributed by atoms with Gasteiger partial charge in [0.25, 0.3) is 0 Å². The summed E-state index contributed by atoms with van der Waals surface area (Å²) in [5.41, 5.74) is 0.458. The molecule has 0 spiro atoms. The first-order valence-electron chi connectivity index (χ1n) is 7.19. The maximum Gasteiger partial charge on any atom is 0.0847 e. The molecule has 0 aromatic heterocycles. The van der Waals surface area contributed by atoms with E-state index < -0.39 is 0 Å². The zero-order chi connectivity index (χ0) is 11.2. The summed E-state index contributed by atoms with van der Waals surface area (Å²) >= 11 is 0. The Morgan fingerprint density at radius 2 is 1.94 bits per heavy atom. The Balaban J connectivity index is 1.65. The first-order valence-corrected chi connectivity index (χ1v) is 7.19. The first kappa shape index (κ1) is 11.1. The average molecular weight is 221 g/mol. The van der Waals surface area contributed by atoms with Gasteiger partial charge in [0.1, 0.15) is 0 Å². The minimum Gasteiger partial charge on any atom is -0.370 e. The van der Waals surface area contributed by atoms with Gasteiger partial charge < -0.3 is 4.74 Å². The van der Waals surface area contributed by atoms with Gasteiger partial charge in [-0.2, -0.15) is 0 Å². The third kappa shape index (κ3) is 1.92. The Kier molecular flexibility index (Phi) is 2.78. The fourth-order valence-corrected chi connectivity index (χ4v) is 4.01. The topological polar surface area (TPSA) is 12.5 Å². The minimum atomic E-state index is 0.458. The Morgan fingerprint density at radius 1 is 1.19 bits per heavy atom. The highest BCUT2D eigenvalue weighted by Crippen LogP contribution is 2.52. The molecule has 0 N–H and O–H groups in total. The van der Waals surface area contributed by atoms with Crippen molar-refractivity contribution in [3.8, 4) is 0 Å². The Labute approximate surface area is 99.9 Å². The van der Waals surface area contributed by atoms with Crippen LogP contribution in [-0.4, -0.2) is 12.2 Å². The third-order valence-corrected chi connectivity index (χ3v) is 5.54. The lowest BCUT2D eigenvalue weighted by Crippen LogP contribution is -2.36. The molecular weight excluding hydrogens is 196 g/mol. The summed E-state index contributed by atoms with van der Waals surface area (Å²) in [5.74, 6) is 1.84. The quantitative estimate of drug-likeness (QED) is 0.643. The van der Waals surface area contributed by atoms with E-state index in [1.807, 2.05) is 0 Å². The fourth-order valence-electron chi connectivity index (χ4n) is 4.01. The molecule has 16 heavy (non-hydrogen) atoms. The number of fused-ring (bicyclic) bond motifs is 1. The third-order valence-electron chi connectivity index (χ3n) is 5.54. The van der Waals surface area contributed by atoms with E-state index in [2.05, 4.69) is 20.3 Å². The largest absolute Gasteiger partial charge is 0.370 e. The molecular formula is C15H25O. The molecule has 0 aromatic carbocycles. The van der Waals surface area contributed by atoms with E-state index in [-0.39, 0.29) is 0 Å². The first-order chi connectivity index (χ1) is 7.69. The second-order valence-corrected chi connectivity index (χ2v) is 6.55. The molecule has 0 bridgehead atoms. The van der Waals surface area contributed by atoms with Crippen LogP contribution in [0.25, 0.3) is 0 Å². The van der Waals surface area contributed by atoms with Gasteiger partial charge in [0.15, 0.2) is 0 Å². The summed E-state index contributed by atoms with van der Waals surface area (Å²) in [6.45, 7) is 4.97. The predicted octanol–water partition coefficient (Wildman–Crippen LogP) is 3.97. The second-order valence-electron chi connectivity index (χ2n) is 6.55. The van der Waals surface area contributed by atoms with Crippen molar-refractivity contribution < 1.29 is 4.74 Å². The van der Waals surface area contributed by atoms with Crippen molar-refractivity contribution in [2.75, 3.05) is 0 Å². The van der Waals surface area contributed by atoms with Crippen LogP contribution in [0.2, 0.25) is 0 Å². The van der Waals surface area contributed by atoms with Crippen molar-refractivity contribution in [3.63, 3.8) is 0 Å². The highest BCUT2D eigenvalue weighted by atomic mass is 16.6. The molecule has 4 atom stereocenters. The van der Waals surface area contributed by atoms with Crippen LogP contribution in [-0.2, 0) is 4.74 Å². The number of hydrogen-bond acceptors (Lipinski definition) is 1. The molecule has 1 saturated heterocycles. The predicted molar refractivity (Wildman–Crippen MR) is 66.0 cm³/mol. The molecule has 3 fully saturated rings. The Hall–Kier alpha value is -0.0400. The minimum absolute atomic E-state index is 0.458. The van der Waals surface area contributed by atoms with E-state index in [9.17, 15) is 0 Å². The molecule has 1 heteroatoms. The van der Waals surface area contributed by atoms with E-state index in [0.717, 1.165) is 11.8 Å². The van der Waals surface area contributed by atoms with E-state index in [1.165, 1.54) is 44.9 Å². The van der Waals surface area contributed by atoms with Crippen LogP contribution < -0.4 is 0 Å². The van der Waals surface area contributed by atoms with Crippen LogP contribution in [0.4, 0.5) is 0 Å². The molecule has 91 valence electrons. The molecule has 0 amide bonds. The molecule has 1 radical (unpaired) electrons. The van der Waals surface area contributed by atoms with Gasteiger partial charge in [-0.05, 0) is 36.5 Å². The van der Waals surface area contributed by atoms with Crippen LogP contribution in [0.15, 0.2) is 0 Å². The highest BCUT2D eigenvalue weighted by Gasteiger charge is 2.51. The van der Waals surface area contributed by atoms with Crippen molar-refractivity contribution in [2.24, 2.45) is 17.3 Å². The lowest BCUT2D eigenvalue weighted by molar-refractivity contribution is 0.113. The van der Waals surface area contributed by atoms with Crippen LogP contribution >= 0.6 is 0 Å². The van der Waals surface area contributed by atoms with Gasteiger partial charge in [-0.25, -0.2) is 0 Å². The summed E-state index contributed by atoms with van der Waals surface area (Å²) in [7, 11) is 0. The van der Waals surface area contributed by atoms with E-state index >= 15 is 0 Å². The van der Waals surface area contributed by atoms with Crippen molar-refractivity contribution in [1.82, 2.24) is 0 Å². The smallest absolute Gasteiger partial charge is 0.0847 e. The second kappa shape index (κ2) is 4.01.